The standard InChI is InChI=1S/C14H22N2O2/c1-14(15)7-4-8-16(10-14)12-6-5-11(17-2)9-13(12)18-3/h5-6,9H,4,7-8,10,15H2,1-3H3. The van der Waals surface area contributed by atoms with Crippen LogP contribution in [0.3, 0.4) is 0 Å². The van der Waals surface area contributed by atoms with Crippen LogP contribution in [0.4, 0.5) is 5.69 Å². The average molecular weight is 250 g/mol. The van der Waals surface area contributed by atoms with E-state index in [1.165, 1.54) is 0 Å². The number of nitrogens with two attached hydrogens (primary N) is 1. The third-order valence-corrected chi connectivity index (χ3v) is 3.46. The summed E-state index contributed by atoms with van der Waals surface area (Å²) >= 11 is 0. The number of nitrogens with zero attached hydrogens (tertiary/aromatic N) is 1. The van der Waals surface area contributed by atoms with Crippen LogP contribution in [-0.2, 0) is 0 Å². The lowest BCUT2D eigenvalue weighted by molar-refractivity contribution is 0.365. The molecule has 0 bridgehead atoms. The topological polar surface area (TPSA) is 47.7 Å². The molecule has 0 aliphatic carbocycles. The normalized spacial score (nSPS) is 23.9. The Balaban J connectivity index is 2.27. The number of piperidine rings is 1. The zero-order chi connectivity index (χ0) is 13.2. The second kappa shape index (κ2) is 5.06. The number of ether oxygens (including phenoxy) is 2. The van der Waals surface area contributed by atoms with Gasteiger partial charge in [0.2, 0.25) is 0 Å². The fourth-order valence-corrected chi connectivity index (χ4v) is 2.52. The van der Waals surface area contributed by atoms with Crippen molar-refractivity contribution in [1.29, 1.82) is 0 Å². The zero-order valence-electron chi connectivity index (χ0n) is 11.4. The van der Waals surface area contributed by atoms with Crippen LogP contribution in [0.5, 0.6) is 11.5 Å². The molecule has 18 heavy (non-hydrogen) atoms. The summed E-state index contributed by atoms with van der Waals surface area (Å²) in [6, 6.07) is 5.91. The fourth-order valence-electron chi connectivity index (χ4n) is 2.52. The van der Waals surface area contributed by atoms with Gasteiger partial charge in [-0.3, -0.25) is 0 Å². The van der Waals surface area contributed by atoms with Gasteiger partial charge in [0.1, 0.15) is 11.5 Å². The van der Waals surface area contributed by atoms with Gasteiger partial charge in [0.25, 0.3) is 0 Å². The summed E-state index contributed by atoms with van der Waals surface area (Å²) < 4.78 is 10.7. The van der Waals surface area contributed by atoms with Gasteiger partial charge in [-0.05, 0) is 31.9 Å². The molecule has 0 aromatic heterocycles. The number of hydrogen-bond acceptors (Lipinski definition) is 4. The summed E-state index contributed by atoms with van der Waals surface area (Å²) in [5.41, 5.74) is 7.22. The first kappa shape index (κ1) is 13.0. The number of anilines is 1. The first-order valence-electron chi connectivity index (χ1n) is 6.31. The number of rotatable bonds is 3. The zero-order valence-corrected chi connectivity index (χ0v) is 11.4. The Bertz CT molecular complexity index is 418. The summed E-state index contributed by atoms with van der Waals surface area (Å²) in [6.45, 7) is 3.99. The molecule has 2 N–H and O–H groups in total. The molecule has 1 unspecified atom stereocenters. The predicted octanol–water partition coefficient (Wildman–Crippen LogP) is 2.02. The highest BCUT2D eigenvalue weighted by molar-refractivity contribution is 5.61. The average Bonchev–Trinajstić information content (AvgIpc) is 2.36. The Morgan fingerprint density at radius 3 is 2.67 bits per heavy atom. The van der Waals surface area contributed by atoms with Crippen molar-refractivity contribution in [1.82, 2.24) is 0 Å². The molecular weight excluding hydrogens is 228 g/mol. The first-order chi connectivity index (χ1) is 8.55. The first-order valence-corrected chi connectivity index (χ1v) is 6.31. The summed E-state index contributed by atoms with van der Waals surface area (Å²) in [7, 11) is 3.34. The van der Waals surface area contributed by atoms with Crippen molar-refractivity contribution < 1.29 is 9.47 Å². The van der Waals surface area contributed by atoms with Crippen LogP contribution in [0, 0.1) is 0 Å². The molecule has 2 rings (SSSR count). The van der Waals surface area contributed by atoms with Gasteiger partial charge in [-0.15, -0.1) is 0 Å². The van der Waals surface area contributed by atoms with E-state index < -0.39 is 0 Å². The monoisotopic (exact) mass is 250 g/mol. The molecule has 1 aromatic carbocycles. The molecule has 0 saturated carbocycles. The number of hydrogen-bond donors (Lipinski definition) is 1. The van der Waals surface area contributed by atoms with Gasteiger partial charge >= 0.3 is 0 Å². The van der Waals surface area contributed by atoms with Crippen LogP contribution in [0.25, 0.3) is 0 Å². The van der Waals surface area contributed by atoms with Crippen molar-refractivity contribution in [2.24, 2.45) is 5.73 Å². The van der Waals surface area contributed by atoms with Crippen LogP contribution >= 0.6 is 0 Å². The van der Waals surface area contributed by atoms with Crippen LogP contribution in [0.1, 0.15) is 19.8 Å². The van der Waals surface area contributed by atoms with Gasteiger partial charge in [0.15, 0.2) is 0 Å². The highest BCUT2D eigenvalue weighted by Gasteiger charge is 2.28. The Morgan fingerprint density at radius 2 is 2.06 bits per heavy atom. The summed E-state index contributed by atoms with van der Waals surface area (Å²) in [6.07, 6.45) is 2.18. The highest BCUT2D eigenvalue weighted by Crippen LogP contribution is 2.34. The quantitative estimate of drug-likeness (QED) is 0.891. The Hall–Kier alpha value is -1.42. The summed E-state index contributed by atoms with van der Waals surface area (Å²) in [4.78, 5) is 2.29. The van der Waals surface area contributed by atoms with E-state index in [-0.39, 0.29) is 5.54 Å². The van der Waals surface area contributed by atoms with Gasteiger partial charge in [0.05, 0.1) is 19.9 Å². The summed E-state index contributed by atoms with van der Waals surface area (Å²) in [5.74, 6) is 1.65. The second-order valence-electron chi connectivity index (χ2n) is 5.22. The highest BCUT2D eigenvalue weighted by atomic mass is 16.5. The van der Waals surface area contributed by atoms with Crippen molar-refractivity contribution in [3.63, 3.8) is 0 Å². The van der Waals surface area contributed by atoms with Crippen LogP contribution in [-0.4, -0.2) is 32.8 Å². The molecule has 1 atom stereocenters. The Morgan fingerprint density at radius 1 is 1.28 bits per heavy atom. The van der Waals surface area contributed by atoms with E-state index in [2.05, 4.69) is 11.8 Å². The third kappa shape index (κ3) is 2.70. The maximum absolute atomic E-state index is 6.25. The van der Waals surface area contributed by atoms with E-state index in [9.17, 15) is 0 Å². The van der Waals surface area contributed by atoms with Crippen LogP contribution in [0.15, 0.2) is 18.2 Å². The minimum atomic E-state index is -0.122. The molecule has 4 heteroatoms. The minimum Gasteiger partial charge on any atom is -0.497 e. The van der Waals surface area contributed by atoms with Crippen molar-refractivity contribution in [3.8, 4) is 11.5 Å². The molecule has 1 aliphatic heterocycles. The van der Waals surface area contributed by atoms with Gasteiger partial charge in [-0.25, -0.2) is 0 Å². The smallest absolute Gasteiger partial charge is 0.145 e. The van der Waals surface area contributed by atoms with E-state index >= 15 is 0 Å². The maximum Gasteiger partial charge on any atom is 0.145 e. The molecule has 0 spiro atoms. The molecule has 1 aromatic rings. The molecule has 1 aliphatic rings. The minimum absolute atomic E-state index is 0.122. The van der Waals surface area contributed by atoms with Gasteiger partial charge in [0, 0.05) is 24.7 Å². The van der Waals surface area contributed by atoms with Crippen LogP contribution in [0.2, 0.25) is 0 Å². The van der Waals surface area contributed by atoms with Crippen molar-refractivity contribution >= 4 is 5.69 Å². The second-order valence-corrected chi connectivity index (χ2v) is 5.22. The lowest BCUT2D eigenvalue weighted by Crippen LogP contribution is -2.52. The molecule has 1 heterocycles. The van der Waals surface area contributed by atoms with Crippen molar-refractivity contribution in [3.05, 3.63) is 18.2 Å². The predicted molar refractivity (Wildman–Crippen MR) is 73.6 cm³/mol. The van der Waals surface area contributed by atoms with E-state index in [0.29, 0.717) is 0 Å². The Kier molecular flexibility index (Phi) is 3.66. The molecule has 0 amide bonds. The number of methoxy groups -OCH3 is 2. The Labute approximate surface area is 109 Å². The van der Waals surface area contributed by atoms with Gasteiger partial charge in [-0.2, -0.15) is 0 Å². The van der Waals surface area contributed by atoms with E-state index in [4.69, 9.17) is 15.2 Å². The molecule has 100 valence electrons. The lowest BCUT2D eigenvalue weighted by Gasteiger charge is -2.39. The fraction of sp³-hybridized carbons (Fsp3) is 0.571. The molecule has 0 radical (unpaired) electrons. The SMILES string of the molecule is COc1ccc(N2CCCC(C)(N)C2)c(OC)c1. The molecule has 1 fully saturated rings. The lowest BCUT2D eigenvalue weighted by atomic mass is 9.92. The summed E-state index contributed by atoms with van der Waals surface area (Å²) in [5, 5.41) is 0. The van der Waals surface area contributed by atoms with Crippen LogP contribution < -0.4 is 20.1 Å². The third-order valence-electron chi connectivity index (χ3n) is 3.46. The maximum atomic E-state index is 6.25. The largest absolute Gasteiger partial charge is 0.497 e. The van der Waals surface area contributed by atoms with E-state index in [1.54, 1.807) is 14.2 Å². The number of benzene rings is 1. The molecule has 4 nitrogen and oxygen atoms in total. The molecular formula is C14H22N2O2. The van der Waals surface area contributed by atoms with Crippen molar-refractivity contribution in [2.75, 3.05) is 32.2 Å². The van der Waals surface area contributed by atoms with E-state index in [1.807, 2.05) is 18.2 Å². The molecule has 1 saturated heterocycles. The van der Waals surface area contributed by atoms with Crippen molar-refractivity contribution in [2.45, 2.75) is 25.3 Å². The van der Waals surface area contributed by atoms with E-state index in [0.717, 1.165) is 43.1 Å². The van der Waals surface area contributed by atoms with Gasteiger partial charge in [-0.1, -0.05) is 0 Å². The van der Waals surface area contributed by atoms with Gasteiger partial charge < -0.3 is 20.1 Å².